The maximum atomic E-state index is 13.6. The molecule has 3 fully saturated rings. The molecule has 1 aromatic rings. The summed E-state index contributed by atoms with van der Waals surface area (Å²) in [6, 6.07) is 6.97. The van der Waals surface area contributed by atoms with Gasteiger partial charge in [0, 0.05) is 19.3 Å². The number of alkyl carbamates (subject to hydrolysis) is 1. The number of nitrogens with zero attached hydrogens (tertiary/aromatic N) is 2. The number of carbonyl (C=O) groups excluding carboxylic acids is 3. The number of ether oxygens (including phenoxy) is 1. The second-order valence-corrected chi connectivity index (χ2v) is 11.4. The van der Waals surface area contributed by atoms with Crippen molar-refractivity contribution < 1.29 is 33.9 Å². The lowest BCUT2D eigenvalue weighted by atomic mass is 9.88. The van der Waals surface area contributed by atoms with E-state index in [9.17, 15) is 24.3 Å². The van der Waals surface area contributed by atoms with Gasteiger partial charge in [0.05, 0.1) is 23.7 Å². The summed E-state index contributed by atoms with van der Waals surface area (Å²) >= 11 is 0. The maximum Gasteiger partial charge on any atom is 0.407 e. The van der Waals surface area contributed by atoms with Gasteiger partial charge in [0.2, 0.25) is 5.91 Å². The Hall–Kier alpha value is -3.69. The Kier molecular flexibility index (Phi) is 7.22. The molecular formula is C29H35N3O7. The van der Waals surface area contributed by atoms with E-state index in [1.807, 2.05) is 31.2 Å². The summed E-state index contributed by atoms with van der Waals surface area (Å²) in [6.07, 6.45) is 5.14. The molecule has 5 rings (SSSR count). The van der Waals surface area contributed by atoms with E-state index in [0.29, 0.717) is 12.8 Å². The highest BCUT2D eigenvalue weighted by Crippen LogP contribution is 2.57. The molecule has 1 saturated heterocycles. The van der Waals surface area contributed by atoms with Gasteiger partial charge in [-0.1, -0.05) is 41.1 Å². The Morgan fingerprint density at radius 1 is 1.26 bits per heavy atom. The van der Waals surface area contributed by atoms with Crippen LogP contribution in [0.5, 0.6) is 0 Å². The van der Waals surface area contributed by atoms with Gasteiger partial charge >= 0.3 is 12.1 Å². The fraction of sp³-hybridized carbons (Fsp3) is 0.552. The number of hydrogen-bond donors (Lipinski definition) is 2. The zero-order valence-corrected chi connectivity index (χ0v) is 22.2. The summed E-state index contributed by atoms with van der Waals surface area (Å²) in [4.78, 5) is 58.6. The first-order chi connectivity index (χ1) is 18.6. The van der Waals surface area contributed by atoms with E-state index in [1.165, 1.54) is 4.90 Å². The number of Topliss-reactive ketones (excluding diaryl/α,β-unsaturated/α-hetero) is 1. The van der Waals surface area contributed by atoms with E-state index in [0.717, 1.165) is 42.5 Å². The largest absolute Gasteiger partial charge is 0.481 e. The summed E-state index contributed by atoms with van der Waals surface area (Å²) in [6.45, 7) is 5.45. The molecule has 0 bridgehead atoms. The van der Waals surface area contributed by atoms with Crippen molar-refractivity contribution in [2.45, 2.75) is 76.0 Å². The average molecular weight is 538 g/mol. The maximum absolute atomic E-state index is 13.6. The van der Waals surface area contributed by atoms with Crippen LogP contribution in [0, 0.1) is 18.3 Å². The van der Waals surface area contributed by atoms with Crippen molar-refractivity contribution in [3.63, 3.8) is 0 Å². The molecule has 2 saturated carbocycles. The predicted molar refractivity (Wildman–Crippen MR) is 141 cm³/mol. The Bertz CT molecular complexity index is 1220. The van der Waals surface area contributed by atoms with Crippen molar-refractivity contribution in [1.29, 1.82) is 0 Å². The van der Waals surface area contributed by atoms with Crippen LogP contribution in [0.3, 0.4) is 0 Å². The molecule has 0 unspecified atom stereocenters. The van der Waals surface area contributed by atoms with E-state index < -0.39 is 35.0 Å². The lowest BCUT2D eigenvalue weighted by Gasteiger charge is -2.25. The fourth-order valence-electron chi connectivity index (χ4n) is 6.24. The molecule has 39 heavy (non-hydrogen) atoms. The van der Waals surface area contributed by atoms with Crippen LogP contribution in [0.15, 0.2) is 42.1 Å². The number of aryl methyl sites for hydroxylation is 1. The van der Waals surface area contributed by atoms with Crippen LogP contribution < -0.4 is 5.32 Å². The van der Waals surface area contributed by atoms with E-state index in [-0.39, 0.29) is 43.7 Å². The first kappa shape index (κ1) is 26.9. The van der Waals surface area contributed by atoms with Crippen molar-refractivity contribution in [3.05, 3.63) is 48.0 Å². The van der Waals surface area contributed by atoms with Crippen LogP contribution in [-0.2, 0) is 24.0 Å². The molecule has 2 aliphatic carbocycles. The SMILES string of the molecule is C=C[C@@H]1C[C@]1(CC(=O)[C@@H]1C[C@]2(CC(c3cccc(C)c3)=NO2)CN1C(=O)CNC(=O)OC1CCCC1)C(=O)O. The molecule has 208 valence electrons. The second-order valence-electron chi connectivity index (χ2n) is 11.4. The third kappa shape index (κ3) is 5.42. The summed E-state index contributed by atoms with van der Waals surface area (Å²) in [5.74, 6) is -2.12. The molecule has 0 aromatic heterocycles. The van der Waals surface area contributed by atoms with Crippen molar-refractivity contribution in [1.82, 2.24) is 10.2 Å². The lowest BCUT2D eigenvalue weighted by Crippen LogP contribution is -2.47. The van der Waals surface area contributed by atoms with Crippen LogP contribution in [0.2, 0.25) is 0 Å². The van der Waals surface area contributed by atoms with Crippen molar-refractivity contribution in [2.75, 3.05) is 13.1 Å². The second kappa shape index (κ2) is 10.5. The molecule has 2 aliphatic heterocycles. The number of oxime groups is 1. The van der Waals surface area contributed by atoms with Gasteiger partial charge in [-0.2, -0.15) is 0 Å². The molecule has 10 heteroatoms. The summed E-state index contributed by atoms with van der Waals surface area (Å²) in [7, 11) is 0. The lowest BCUT2D eigenvalue weighted by molar-refractivity contribution is -0.147. The zero-order chi connectivity index (χ0) is 27.8. The molecule has 2 heterocycles. The van der Waals surface area contributed by atoms with E-state index in [2.05, 4.69) is 17.1 Å². The summed E-state index contributed by atoms with van der Waals surface area (Å²) in [5.41, 5.74) is 0.618. The number of likely N-dealkylation sites (tertiary alicyclic amines) is 1. The van der Waals surface area contributed by atoms with Gasteiger partial charge in [0.1, 0.15) is 12.6 Å². The Morgan fingerprint density at radius 2 is 2.03 bits per heavy atom. The van der Waals surface area contributed by atoms with Crippen LogP contribution in [0.25, 0.3) is 0 Å². The quantitative estimate of drug-likeness (QED) is 0.461. The number of aliphatic carboxylic acids is 1. The highest BCUT2D eigenvalue weighted by atomic mass is 16.7. The smallest absolute Gasteiger partial charge is 0.407 e. The van der Waals surface area contributed by atoms with Crippen LogP contribution in [0.1, 0.15) is 62.5 Å². The molecule has 0 radical (unpaired) electrons. The molecule has 2 amide bonds. The van der Waals surface area contributed by atoms with Gasteiger partial charge < -0.3 is 24.9 Å². The Labute approximate surface area is 227 Å². The normalized spacial score (nSPS) is 29.6. The van der Waals surface area contributed by atoms with E-state index >= 15 is 0 Å². The van der Waals surface area contributed by atoms with Gasteiger partial charge in [0.25, 0.3) is 0 Å². The molecule has 10 nitrogen and oxygen atoms in total. The zero-order valence-electron chi connectivity index (χ0n) is 22.2. The highest BCUT2D eigenvalue weighted by Gasteiger charge is 2.62. The number of amides is 2. The fourth-order valence-corrected chi connectivity index (χ4v) is 6.24. The number of rotatable bonds is 9. The number of hydrogen-bond acceptors (Lipinski definition) is 7. The number of benzene rings is 1. The van der Waals surface area contributed by atoms with E-state index in [4.69, 9.17) is 9.57 Å². The minimum absolute atomic E-state index is 0.103. The summed E-state index contributed by atoms with van der Waals surface area (Å²) < 4.78 is 5.38. The first-order valence-corrected chi connectivity index (χ1v) is 13.6. The topological polar surface area (TPSA) is 135 Å². The summed E-state index contributed by atoms with van der Waals surface area (Å²) in [5, 5.41) is 16.7. The van der Waals surface area contributed by atoms with E-state index in [1.54, 1.807) is 6.08 Å². The van der Waals surface area contributed by atoms with Crippen molar-refractivity contribution in [3.8, 4) is 0 Å². The van der Waals surface area contributed by atoms with Crippen LogP contribution in [0.4, 0.5) is 4.79 Å². The number of carboxylic acid groups (broad SMARTS) is 1. The van der Waals surface area contributed by atoms with Gasteiger partial charge in [-0.3, -0.25) is 14.4 Å². The predicted octanol–water partition coefficient (Wildman–Crippen LogP) is 3.36. The molecular weight excluding hydrogens is 502 g/mol. The monoisotopic (exact) mass is 537 g/mol. The van der Waals surface area contributed by atoms with Gasteiger partial charge in [-0.15, -0.1) is 6.58 Å². The van der Waals surface area contributed by atoms with Crippen molar-refractivity contribution >= 4 is 29.5 Å². The minimum atomic E-state index is -1.19. The molecule has 4 aliphatic rings. The van der Waals surface area contributed by atoms with Crippen LogP contribution >= 0.6 is 0 Å². The average Bonchev–Trinajstić information content (AvgIpc) is 3.28. The Balaban J connectivity index is 1.30. The number of ketones is 1. The molecule has 2 N–H and O–H groups in total. The molecule has 4 atom stereocenters. The third-order valence-corrected chi connectivity index (χ3v) is 8.58. The van der Waals surface area contributed by atoms with Crippen molar-refractivity contribution in [2.24, 2.45) is 16.5 Å². The Morgan fingerprint density at radius 3 is 2.69 bits per heavy atom. The third-order valence-electron chi connectivity index (χ3n) is 8.58. The number of carboxylic acids is 1. The van der Waals surface area contributed by atoms with Gasteiger partial charge in [-0.25, -0.2) is 4.79 Å². The highest BCUT2D eigenvalue weighted by molar-refractivity contribution is 6.02. The number of nitrogens with one attached hydrogen (secondary N) is 1. The standard InChI is InChI=1S/C29H35N3O7/c1-3-20-12-29(20,26(35)36)15-24(33)23-14-28(13-22(31-39-28)19-8-6-7-18(2)11-19)17-32(23)25(34)16-30-27(37)38-21-9-4-5-10-21/h3,6-8,11,20-21,23H,1,4-5,9-10,12-17H2,2H3,(H,30,37)(H,35,36)/t20-,23+,28-,29-/m1/s1. The van der Waals surface area contributed by atoms with Gasteiger partial charge in [-0.05, 0) is 50.5 Å². The molecule has 1 aromatic carbocycles. The minimum Gasteiger partial charge on any atom is -0.481 e. The molecule has 1 spiro atoms. The van der Waals surface area contributed by atoms with Crippen LogP contribution in [-0.4, -0.2) is 70.3 Å². The number of carbonyl (C=O) groups is 4. The number of allylic oxidation sites excluding steroid dienone is 1. The van der Waals surface area contributed by atoms with Gasteiger partial charge in [0.15, 0.2) is 11.4 Å². The first-order valence-electron chi connectivity index (χ1n) is 13.6.